The van der Waals surface area contributed by atoms with Gasteiger partial charge in [-0.3, -0.25) is 10.1 Å². The van der Waals surface area contributed by atoms with Gasteiger partial charge in [0.2, 0.25) is 5.95 Å². The third-order valence-electron chi connectivity index (χ3n) is 4.23. The second-order valence-corrected chi connectivity index (χ2v) is 6.08. The zero-order chi connectivity index (χ0) is 18.6. The zero-order valence-corrected chi connectivity index (χ0v) is 14.4. The molecule has 6 heteroatoms. The van der Waals surface area contributed by atoms with Gasteiger partial charge in [-0.1, -0.05) is 54.6 Å². The summed E-state index contributed by atoms with van der Waals surface area (Å²) in [4.78, 5) is 19.7. The fourth-order valence-electron chi connectivity index (χ4n) is 2.93. The Labute approximate surface area is 155 Å². The lowest BCUT2D eigenvalue weighted by molar-refractivity contribution is -0.384. The quantitative estimate of drug-likeness (QED) is 0.294. The first-order valence-electron chi connectivity index (χ1n) is 8.48. The van der Waals surface area contributed by atoms with Crippen molar-refractivity contribution in [2.75, 3.05) is 0 Å². The number of fused-ring (bicyclic) bond motifs is 1. The molecule has 0 N–H and O–H groups in total. The van der Waals surface area contributed by atoms with Crippen LogP contribution in [0.3, 0.4) is 0 Å². The van der Waals surface area contributed by atoms with Crippen LogP contribution in [0.4, 0.5) is 11.6 Å². The Hall–Kier alpha value is -3.80. The van der Waals surface area contributed by atoms with Gasteiger partial charge in [0, 0.05) is 18.3 Å². The van der Waals surface area contributed by atoms with Crippen molar-refractivity contribution in [3.8, 4) is 0 Å². The van der Waals surface area contributed by atoms with Crippen molar-refractivity contribution in [3.63, 3.8) is 0 Å². The van der Waals surface area contributed by atoms with Crippen LogP contribution in [-0.2, 0) is 6.54 Å². The number of aliphatic imine (C=N–C) groups is 1. The van der Waals surface area contributed by atoms with Crippen molar-refractivity contribution in [2.45, 2.75) is 6.54 Å². The maximum absolute atomic E-state index is 10.9. The molecular weight excluding hydrogens is 340 g/mol. The van der Waals surface area contributed by atoms with Crippen molar-refractivity contribution in [2.24, 2.45) is 4.99 Å². The molecular formula is C21H16N4O2. The van der Waals surface area contributed by atoms with Crippen molar-refractivity contribution in [3.05, 3.63) is 100 Å². The molecule has 0 saturated carbocycles. The Morgan fingerprint density at radius 3 is 2.59 bits per heavy atom. The van der Waals surface area contributed by atoms with Crippen molar-refractivity contribution < 1.29 is 4.92 Å². The van der Waals surface area contributed by atoms with E-state index in [1.54, 1.807) is 18.3 Å². The lowest BCUT2D eigenvalue weighted by atomic mass is 10.2. The molecule has 0 bridgehead atoms. The average Bonchev–Trinajstić information content (AvgIpc) is 3.05. The lowest BCUT2D eigenvalue weighted by Crippen LogP contribution is -1.99. The van der Waals surface area contributed by atoms with Crippen LogP contribution in [0.5, 0.6) is 0 Å². The van der Waals surface area contributed by atoms with E-state index in [1.807, 2.05) is 47.0 Å². The molecule has 132 valence electrons. The molecule has 6 nitrogen and oxygen atoms in total. The topological polar surface area (TPSA) is 73.3 Å². The van der Waals surface area contributed by atoms with E-state index in [0.29, 0.717) is 18.1 Å². The molecule has 0 amide bonds. The SMILES string of the molecule is O=[N+]([O-])c1cccc(/C=N/c2nc3ccccc3n2Cc2ccccc2)c1. The summed E-state index contributed by atoms with van der Waals surface area (Å²) in [5.74, 6) is 0.562. The molecule has 0 fully saturated rings. The lowest BCUT2D eigenvalue weighted by Gasteiger charge is -2.06. The number of imidazole rings is 1. The van der Waals surface area contributed by atoms with E-state index in [1.165, 1.54) is 12.1 Å². The minimum Gasteiger partial charge on any atom is -0.304 e. The number of hydrogen-bond donors (Lipinski definition) is 0. The van der Waals surface area contributed by atoms with Gasteiger partial charge >= 0.3 is 0 Å². The summed E-state index contributed by atoms with van der Waals surface area (Å²) in [6, 6.07) is 24.4. The Balaban J connectivity index is 1.74. The molecule has 0 radical (unpaired) electrons. The molecule has 0 spiro atoms. The number of aromatic nitrogens is 2. The van der Waals surface area contributed by atoms with Crippen LogP contribution in [0.25, 0.3) is 11.0 Å². The highest BCUT2D eigenvalue weighted by Gasteiger charge is 2.10. The van der Waals surface area contributed by atoms with Gasteiger partial charge in [0.05, 0.1) is 22.5 Å². The molecule has 27 heavy (non-hydrogen) atoms. The average molecular weight is 356 g/mol. The van der Waals surface area contributed by atoms with Gasteiger partial charge in [-0.15, -0.1) is 0 Å². The van der Waals surface area contributed by atoms with E-state index in [-0.39, 0.29) is 5.69 Å². The maximum atomic E-state index is 10.9. The van der Waals surface area contributed by atoms with E-state index in [9.17, 15) is 10.1 Å². The first-order chi connectivity index (χ1) is 13.2. The minimum atomic E-state index is -0.415. The Morgan fingerprint density at radius 2 is 1.78 bits per heavy atom. The normalized spacial score (nSPS) is 11.3. The van der Waals surface area contributed by atoms with E-state index in [2.05, 4.69) is 22.1 Å². The summed E-state index contributed by atoms with van der Waals surface area (Å²) in [6.45, 7) is 0.642. The van der Waals surface area contributed by atoms with Crippen LogP contribution < -0.4 is 0 Å². The first-order valence-corrected chi connectivity index (χ1v) is 8.48. The molecule has 4 rings (SSSR count). The largest absolute Gasteiger partial charge is 0.304 e. The number of non-ortho nitro benzene ring substituents is 1. The molecule has 0 atom stereocenters. The van der Waals surface area contributed by atoms with Crippen LogP contribution in [-0.4, -0.2) is 20.7 Å². The number of hydrogen-bond acceptors (Lipinski definition) is 4. The molecule has 3 aromatic carbocycles. The predicted molar refractivity (Wildman–Crippen MR) is 106 cm³/mol. The van der Waals surface area contributed by atoms with Crippen molar-refractivity contribution >= 4 is 28.9 Å². The van der Waals surface area contributed by atoms with E-state index in [4.69, 9.17) is 0 Å². The van der Waals surface area contributed by atoms with Gasteiger partial charge in [-0.2, -0.15) is 0 Å². The highest BCUT2D eigenvalue weighted by Crippen LogP contribution is 2.23. The summed E-state index contributed by atoms with van der Waals surface area (Å²) in [7, 11) is 0. The number of nitro benzene ring substituents is 1. The zero-order valence-electron chi connectivity index (χ0n) is 14.4. The second-order valence-electron chi connectivity index (χ2n) is 6.08. The molecule has 0 unspecified atom stereocenters. The number of nitrogens with zero attached hydrogens (tertiary/aromatic N) is 4. The Bertz CT molecular complexity index is 1130. The molecule has 1 heterocycles. The number of nitro groups is 1. The Morgan fingerprint density at radius 1 is 1.00 bits per heavy atom. The number of para-hydroxylation sites is 2. The molecule has 0 saturated heterocycles. The van der Waals surface area contributed by atoms with E-state index >= 15 is 0 Å². The van der Waals surface area contributed by atoms with E-state index in [0.717, 1.165) is 16.6 Å². The molecule has 0 aliphatic rings. The van der Waals surface area contributed by atoms with Crippen molar-refractivity contribution in [1.82, 2.24) is 9.55 Å². The maximum Gasteiger partial charge on any atom is 0.270 e. The molecule has 1 aromatic heterocycles. The van der Waals surface area contributed by atoms with Crippen molar-refractivity contribution in [1.29, 1.82) is 0 Å². The third-order valence-corrected chi connectivity index (χ3v) is 4.23. The van der Waals surface area contributed by atoms with Gasteiger partial charge in [0.25, 0.3) is 5.69 Å². The van der Waals surface area contributed by atoms with E-state index < -0.39 is 4.92 Å². The molecule has 4 aromatic rings. The third kappa shape index (κ3) is 3.59. The standard InChI is InChI=1S/C21H16N4O2/c26-25(27)18-10-6-9-17(13-18)14-22-21-23-19-11-4-5-12-20(19)24(21)15-16-7-2-1-3-8-16/h1-14H,15H2/b22-14+. The van der Waals surface area contributed by atoms with Crippen LogP contribution in [0.15, 0.2) is 83.9 Å². The summed E-state index contributed by atoms with van der Waals surface area (Å²) in [5, 5.41) is 10.9. The van der Waals surface area contributed by atoms with Gasteiger partial charge in [-0.05, 0) is 23.3 Å². The smallest absolute Gasteiger partial charge is 0.270 e. The molecule has 0 aliphatic carbocycles. The first kappa shape index (κ1) is 16.7. The second kappa shape index (κ2) is 7.21. The van der Waals surface area contributed by atoms with Gasteiger partial charge in [0.1, 0.15) is 0 Å². The minimum absolute atomic E-state index is 0.0386. The van der Waals surface area contributed by atoms with Gasteiger partial charge < -0.3 is 4.57 Å². The van der Waals surface area contributed by atoms with Gasteiger partial charge in [0.15, 0.2) is 0 Å². The summed E-state index contributed by atoms with van der Waals surface area (Å²) < 4.78 is 2.04. The summed E-state index contributed by atoms with van der Waals surface area (Å²) in [5.41, 5.74) is 3.69. The summed E-state index contributed by atoms with van der Waals surface area (Å²) in [6.07, 6.45) is 1.61. The number of rotatable bonds is 5. The van der Waals surface area contributed by atoms with Crippen LogP contribution >= 0.6 is 0 Å². The number of benzene rings is 3. The monoisotopic (exact) mass is 356 g/mol. The highest BCUT2D eigenvalue weighted by atomic mass is 16.6. The highest BCUT2D eigenvalue weighted by molar-refractivity contribution is 5.84. The molecule has 0 aliphatic heterocycles. The van der Waals surface area contributed by atoms with Gasteiger partial charge in [-0.25, -0.2) is 9.98 Å². The predicted octanol–water partition coefficient (Wildman–Crippen LogP) is 4.74. The van der Waals surface area contributed by atoms with Crippen LogP contribution in [0.2, 0.25) is 0 Å². The fourth-order valence-corrected chi connectivity index (χ4v) is 2.93. The Kier molecular flexibility index (Phi) is 4.45. The fraction of sp³-hybridized carbons (Fsp3) is 0.0476. The van der Waals surface area contributed by atoms with Crippen LogP contribution in [0, 0.1) is 10.1 Å². The summed E-state index contributed by atoms with van der Waals surface area (Å²) >= 11 is 0. The van der Waals surface area contributed by atoms with Crippen LogP contribution in [0.1, 0.15) is 11.1 Å².